The Morgan fingerprint density at radius 3 is 2.72 bits per heavy atom. The molecule has 0 aliphatic rings. The van der Waals surface area contributed by atoms with Gasteiger partial charge in [-0.3, -0.25) is 0 Å². The summed E-state index contributed by atoms with van der Waals surface area (Å²) >= 11 is 6.11. The zero-order chi connectivity index (χ0) is 13.0. The largest absolute Gasteiger partial charge is 0.304 e. The molecule has 0 aliphatic carbocycles. The highest BCUT2D eigenvalue weighted by molar-refractivity contribution is 6.31. The number of nitrogens with zero attached hydrogens (tertiary/aromatic N) is 2. The summed E-state index contributed by atoms with van der Waals surface area (Å²) in [6, 6.07) is 5.71. The van der Waals surface area contributed by atoms with E-state index in [0.29, 0.717) is 23.0 Å². The van der Waals surface area contributed by atoms with E-state index in [-0.39, 0.29) is 11.9 Å². The van der Waals surface area contributed by atoms with Gasteiger partial charge in [-0.05, 0) is 36.4 Å². The van der Waals surface area contributed by atoms with Crippen LogP contribution in [0.3, 0.4) is 0 Å². The quantitative estimate of drug-likeness (QED) is 0.924. The van der Waals surface area contributed by atoms with Gasteiger partial charge >= 0.3 is 0 Å². The predicted octanol–water partition coefficient (Wildman–Crippen LogP) is 2.97. The predicted molar refractivity (Wildman–Crippen MR) is 69.0 cm³/mol. The molecule has 2 aromatic rings. The van der Waals surface area contributed by atoms with Crippen LogP contribution in [0.4, 0.5) is 4.39 Å². The van der Waals surface area contributed by atoms with Gasteiger partial charge in [-0.1, -0.05) is 18.5 Å². The molecule has 0 spiro atoms. The topological polar surface area (TPSA) is 37.8 Å². The van der Waals surface area contributed by atoms with Gasteiger partial charge in [-0.15, -0.1) is 0 Å². The zero-order valence-corrected chi connectivity index (χ0v) is 10.7. The van der Waals surface area contributed by atoms with Crippen molar-refractivity contribution in [2.45, 2.75) is 13.0 Å². The molecule has 2 rings (SSSR count). The number of benzene rings is 1. The molecule has 5 heteroatoms. The van der Waals surface area contributed by atoms with E-state index in [9.17, 15) is 4.39 Å². The molecule has 94 valence electrons. The van der Waals surface area contributed by atoms with Gasteiger partial charge in [0.25, 0.3) is 0 Å². The fourth-order valence-electron chi connectivity index (χ4n) is 1.74. The van der Waals surface area contributed by atoms with Gasteiger partial charge in [0, 0.05) is 17.4 Å². The smallest absolute Gasteiger partial charge is 0.149 e. The molecule has 18 heavy (non-hydrogen) atoms. The molecule has 0 saturated heterocycles. The molecule has 1 aromatic carbocycles. The number of aromatic nitrogens is 2. The molecule has 1 heterocycles. The molecule has 1 atom stereocenters. The van der Waals surface area contributed by atoms with E-state index in [1.807, 2.05) is 6.92 Å². The average molecular weight is 266 g/mol. The molecule has 1 unspecified atom stereocenters. The maximum atomic E-state index is 13.3. The van der Waals surface area contributed by atoms with Gasteiger partial charge in [0.15, 0.2) is 0 Å². The van der Waals surface area contributed by atoms with E-state index in [4.69, 9.17) is 11.6 Å². The SMILES string of the molecule is CCNC(c1ncccn1)c1cc(F)ccc1Cl. The Kier molecular flexibility index (Phi) is 4.23. The highest BCUT2D eigenvalue weighted by atomic mass is 35.5. The van der Waals surface area contributed by atoms with E-state index in [1.165, 1.54) is 12.1 Å². The Morgan fingerprint density at radius 2 is 2.06 bits per heavy atom. The Labute approximate surface area is 110 Å². The van der Waals surface area contributed by atoms with Crippen molar-refractivity contribution < 1.29 is 4.39 Å². The van der Waals surface area contributed by atoms with Crippen molar-refractivity contribution in [3.63, 3.8) is 0 Å². The number of nitrogens with one attached hydrogen (secondary N) is 1. The van der Waals surface area contributed by atoms with Crippen molar-refractivity contribution in [3.8, 4) is 0 Å². The minimum absolute atomic E-state index is 0.306. The van der Waals surface area contributed by atoms with Crippen LogP contribution in [-0.2, 0) is 0 Å². The summed E-state index contributed by atoms with van der Waals surface area (Å²) < 4.78 is 13.3. The summed E-state index contributed by atoms with van der Waals surface area (Å²) in [5, 5.41) is 3.70. The Morgan fingerprint density at radius 1 is 1.33 bits per heavy atom. The normalized spacial score (nSPS) is 12.4. The van der Waals surface area contributed by atoms with Crippen LogP contribution in [0.25, 0.3) is 0 Å². The number of rotatable bonds is 4. The molecular formula is C13H13ClFN3. The molecule has 0 bridgehead atoms. The number of hydrogen-bond donors (Lipinski definition) is 1. The first-order valence-corrected chi connectivity index (χ1v) is 6.05. The van der Waals surface area contributed by atoms with Crippen molar-refractivity contribution in [2.75, 3.05) is 6.54 Å². The molecular weight excluding hydrogens is 253 g/mol. The van der Waals surface area contributed by atoms with E-state index < -0.39 is 0 Å². The Balaban J connectivity index is 2.44. The van der Waals surface area contributed by atoms with Crippen molar-refractivity contribution in [3.05, 3.63) is 58.9 Å². The molecule has 0 radical (unpaired) electrons. The van der Waals surface area contributed by atoms with Gasteiger partial charge in [0.05, 0.1) is 6.04 Å². The number of hydrogen-bond acceptors (Lipinski definition) is 3. The van der Waals surface area contributed by atoms with Crippen molar-refractivity contribution in [1.29, 1.82) is 0 Å². The molecule has 0 amide bonds. The molecule has 0 aliphatic heterocycles. The molecule has 1 aromatic heterocycles. The summed E-state index contributed by atoms with van der Waals surface area (Å²) in [4.78, 5) is 8.38. The van der Waals surface area contributed by atoms with Crippen LogP contribution in [0.1, 0.15) is 24.4 Å². The van der Waals surface area contributed by atoms with Gasteiger partial charge in [-0.25, -0.2) is 14.4 Å². The third-order valence-electron chi connectivity index (χ3n) is 2.52. The fourth-order valence-corrected chi connectivity index (χ4v) is 1.97. The Bertz CT molecular complexity index is 519. The van der Waals surface area contributed by atoms with Crippen LogP contribution in [0, 0.1) is 5.82 Å². The lowest BCUT2D eigenvalue weighted by Crippen LogP contribution is -2.24. The highest BCUT2D eigenvalue weighted by Gasteiger charge is 2.18. The van der Waals surface area contributed by atoms with Crippen LogP contribution in [0.5, 0.6) is 0 Å². The second-order valence-corrected chi connectivity index (χ2v) is 4.17. The van der Waals surface area contributed by atoms with E-state index in [2.05, 4.69) is 15.3 Å². The van der Waals surface area contributed by atoms with Crippen LogP contribution in [0.2, 0.25) is 5.02 Å². The summed E-state index contributed by atoms with van der Waals surface area (Å²) in [6.45, 7) is 2.67. The number of halogens is 2. The first-order valence-electron chi connectivity index (χ1n) is 5.67. The molecule has 0 saturated carbocycles. The van der Waals surface area contributed by atoms with Crippen LogP contribution in [-0.4, -0.2) is 16.5 Å². The van der Waals surface area contributed by atoms with Gasteiger partial charge in [0.1, 0.15) is 11.6 Å². The third-order valence-corrected chi connectivity index (χ3v) is 2.87. The van der Waals surface area contributed by atoms with Crippen molar-refractivity contribution in [2.24, 2.45) is 0 Å². The van der Waals surface area contributed by atoms with E-state index in [1.54, 1.807) is 24.5 Å². The van der Waals surface area contributed by atoms with Crippen LogP contribution in [0.15, 0.2) is 36.7 Å². The third kappa shape index (κ3) is 2.83. The summed E-state index contributed by atoms with van der Waals surface area (Å²) in [5.74, 6) is 0.250. The second kappa shape index (κ2) is 5.89. The average Bonchev–Trinajstić information content (AvgIpc) is 2.40. The first kappa shape index (κ1) is 12.9. The van der Waals surface area contributed by atoms with E-state index >= 15 is 0 Å². The van der Waals surface area contributed by atoms with E-state index in [0.717, 1.165) is 0 Å². The minimum Gasteiger partial charge on any atom is -0.304 e. The van der Waals surface area contributed by atoms with Gasteiger partial charge in [0.2, 0.25) is 0 Å². The molecule has 1 N–H and O–H groups in total. The summed E-state index contributed by atoms with van der Waals surface area (Å²) in [7, 11) is 0. The van der Waals surface area contributed by atoms with Crippen LogP contribution >= 0.6 is 11.6 Å². The Hall–Kier alpha value is -1.52. The maximum absolute atomic E-state index is 13.3. The molecule has 0 fully saturated rings. The lowest BCUT2D eigenvalue weighted by atomic mass is 10.1. The minimum atomic E-state index is -0.326. The lowest BCUT2D eigenvalue weighted by Gasteiger charge is -2.18. The van der Waals surface area contributed by atoms with Gasteiger partial charge in [-0.2, -0.15) is 0 Å². The zero-order valence-electron chi connectivity index (χ0n) is 9.90. The van der Waals surface area contributed by atoms with Gasteiger partial charge < -0.3 is 5.32 Å². The van der Waals surface area contributed by atoms with Crippen molar-refractivity contribution >= 4 is 11.6 Å². The molecule has 3 nitrogen and oxygen atoms in total. The standard InChI is InChI=1S/C13H13ClFN3/c1-2-16-12(13-17-6-3-7-18-13)10-8-9(15)4-5-11(10)14/h3-8,12,16H,2H2,1H3. The second-order valence-electron chi connectivity index (χ2n) is 3.76. The van der Waals surface area contributed by atoms with Crippen LogP contribution < -0.4 is 5.32 Å². The maximum Gasteiger partial charge on any atom is 0.149 e. The first-order chi connectivity index (χ1) is 8.72. The highest BCUT2D eigenvalue weighted by Crippen LogP contribution is 2.27. The summed E-state index contributed by atoms with van der Waals surface area (Å²) in [6.07, 6.45) is 3.31. The van der Waals surface area contributed by atoms with Crippen molar-refractivity contribution in [1.82, 2.24) is 15.3 Å². The fraction of sp³-hybridized carbons (Fsp3) is 0.231. The lowest BCUT2D eigenvalue weighted by molar-refractivity contribution is 0.583. The summed E-state index contributed by atoms with van der Waals surface area (Å²) in [5.41, 5.74) is 0.643. The monoisotopic (exact) mass is 265 g/mol.